The SMILES string of the molecule is Cc1ccc(NS(=O)(=O)c2cccc(C(=O)N(C)CC(=O)N(C)C)c2)cc1. The molecule has 1 N–H and O–H groups in total. The van der Waals surface area contributed by atoms with Gasteiger partial charge < -0.3 is 9.80 Å². The molecule has 0 aliphatic heterocycles. The zero-order valence-corrected chi connectivity index (χ0v) is 16.6. The summed E-state index contributed by atoms with van der Waals surface area (Å²) in [5.41, 5.74) is 1.64. The summed E-state index contributed by atoms with van der Waals surface area (Å²) in [5.74, 6) is -0.659. The van der Waals surface area contributed by atoms with Crippen LogP contribution < -0.4 is 4.72 Å². The number of nitrogens with one attached hydrogen (secondary N) is 1. The van der Waals surface area contributed by atoms with E-state index in [-0.39, 0.29) is 22.9 Å². The van der Waals surface area contributed by atoms with Gasteiger partial charge in [0.05, 0.1) is 11.4 Å². The highest BCUT2D eigenvalue weighted by atomic mass is 32.2. The Kier molecular flexibility index (Phi) is 6.22. The molecule has 0 unspecified atom stereocenters. The Balaban J connectivity index is 2.21. The van der Waals surface area contributed by atoms with E-state index in [9.17, 15) is 18.0 Å². The van der Waals surface area contributed by atoms with Gasteiger partial charge in [-0.2, -0.15) is 0 Å². The van der Waals surface area contributed by atoms with Crippen LogP contribution in [0, 0.1) is 6.92 Å². The minimum atomic E-state index is -3.84. The van der Waals surface area contributed by atoms with Crippen LogP contribution in [-0.4, -0.2) is 57.7 Å². The van der Waals surface area contributed by atoms with E-state index in [1.165, 1.54) is 41.1 Å². The van der Waals surface area contributed by atoms with Crippen molar-refractivity contribution in [1.82, 2.24) is 9.80 Å². The topological polar surface area (TPSA) is 86.8 Å². The van der Waals surface area contributed by atoms with Crippen LogP contribution in [0.25, 0.3) is 0 Å². The molecule has 0 heterocycles. The highest BCUT2D eigenvalue weighted by Gasteiger charge is 2.20. The molecule has 2 aromatic rings. The first-order valence-electron chi connectivity index (χ1n) is 8.25. The predicted molar refractivity (Wildman–Crippen MR) is 104 cm³/mol. The van der Waals surface area contributed by atoms with E-state index in [2.05, 4.69) is 4.72 Å². The third-order valence-electron chi connectivity index (χ3n) is 3.91. The van der Waals surface area contributed by atoms with Crippen LogP contribution in [0.1, 0.15) is 15.9 Å². The molecule has 0 fully saturated rings. The van der Waals surface area contributed by atoms with Gasteiger partial charge >= 0.3 is 0 Å². The summed E-state index contributed by atoms with van der Waals surface area (Å²) in [6.45, 7) is 1.81. The molecular weight excluding hydrogens is 366 g/mol. The Hall–Kier alpha value is -2.87. The molecule has 144 valence electrons. The van der Waals surface area contributed by atoms with Gasteiger partial charge in [-0.05, 0) is 37.3 Å². The van der Waals surface area contributed by atoms with Crippen LogP contribution in [0.5, 0.6) is 0 Å². The molecule has 2 amide bonds. The maximum Gasteiger partial charge on any atom is 0.261 e. The fourth-order valence-electron chi connectivity index (χ4n) is 2.27. The molecule has 27 heavy (non-hydrogen) atoms. The van der Waals surface area contributed by atoms with Crippen molar-refractivity contribution in [3.8, 4) is 0 Å². The molecule has 0 aliphatic rings. The molecule has 7 nitrogen and oxygen atoms in total. The van der Waals surface area contributed by atoms with Crippen LogP contribution >= 0.6 is 0 Å². The molecule has 0 saturated carbocycles. The molecule has 0 atom stereocenters. The van der Waals surface area contributed by atoms with Crippen molar-refractivity contribution in [2.45, 2.75) is 11.8 Å². The molecule has 0 radical (unpaired) electrons. The normalized spacial score (nSPS) is 11.0. The van der Waals surface area contributed by atoms with Crippen LogP contribution in [-0.2, 0) is 14.8 Å². The lowest BCUT2D eigenvalue weighted by Gasteiger charge is -2.19. The molecule has 0 bridgehead atoms. The van der Waals surface area contributed by atoms with Gasteiger partial charge in [-0.25, -0.2) is 8.42 Å². The number of carbonyl (C=O) groups is 2. The third kappa shape index (κ3) is 5.30. The number of hydrogen-bond acceptors (Lipinski definition) is 4. The van der Waals surface area contributed by atoms with Gasteiger partial charge in [0.25, 0.3) is 15.9 Å². The van der Waals surface area contributed by atoms with Crippen LogP contribution in [0.3, 0.4) is 0 Å². The molecular formula is C19H23N3O4S. The number of anilines is 1. The third-order valence-corrected chi connectivity index (χ3v) is 5.29. The van der Waals surface area contributed by atoms with Gasteiger partial charge in [0.15, 0.2) is 0 Å². The van der Waals surface area contributed by atoms with Crippen LogP contribution in [0.15, 0.2) is 53.4 Å². The summed E-state index contributed by atoms with van der Waals surface area (Å²) in [6.07, 6.45) is 0. The van der Waals surface area contributed by atoms with E-state index in [1.54, 1.807) is 38.4 Å². The molecule has 0 spiro atoms. The van der Waals surface area contributed by atoms with Gasteiger partial charge in [-0.3, -0.25) is 14.3 Å². The monoisotopic (exact) mass is 389 g/mol. The second-order valence-electron chi connectivity index (χ2n) is 6.45. The second-order valence-corrected chi connectivity index (χ2v) is 8.13. The number of amides is 2. The van der Waals surface area contributed by atoms with E-state index in [0.717, 1.165) is 5.56 Å². The van der Waals surface area contributed by atoms with E-state index in [1.807, 2.05) is 6.92 Å². The number of hydrogen-bond donors (Lipinski definition) is 1. The van der Waals surface area contributed by atoms with Crippen molar-refractivity contribution < 1.29 is 18.0 Å². The summed E-state index contributed by atoms with van der Waals surface area (Å²) < 4.78 is 27.7. The minimum absolute atomic E-state index is 0.0266. The Morgan fingerprint density at radius 2 is 1.63 bits per heavy atom. The first-order chi connectivity index (χ1) is 12.6. The van der Waals surface area contributed by atoms with E-state index >= 15 is 0 Å². The Morgan fingerprint density at radius 3 is 2.22 bits per heavy atom. The molecule has 8 heteroatoms. The van der Waals surface area contributed by atoms with Crippen molar-refractivity contribution in [3.63, 3.8) is 0 Å². The van der Waals surface area contributed by atoms with Crippen molar-refractivity contribution in [2.75, 3.05) is 32.4 Å². The van der Waals surface area contributed by atoms with E-state index in [0.29, 0.717) is 5.69 Å². The molecule has 2 aromatic carbocycles. The van der Waals surface area contributed by atoms with Crippen molar-refractivity contribution in [2.24, 2.45) is 0 Å². The quantitative estimate of drug-likeness (QED) is 0.818. The van der Waals surface area contributed by atoms with E-state index < -0.39 is 15.9 Å². The lowest BCUT2D eigenvalue weighted by Crippen LogP contribution is -2.37. The van der Waals surface area contributed by atoms with E-state index in [4.69, 9.17) is 0 Å². The Labute approximate surface area is 159 Å². The Morgan fingerprint density at radius 1 is 1.00 bits per heavy atom. The number of likely N-dealkylation sites (N-methyl/N-ethyl adjacent to an activating group) is 2. The standard InChI is InChI=1S/C19H23N3O4S/c1-14-8-10-16(11-9-14)20-27(25,26)17-7-5-6-15(12-17)19(24)22(4)13-18(23)21(2)3/h5-12,20H,13H2,1-4H3. The number of carbonyl (C=O) groups excluding carboxylic acids is 2. The first-order valence-corrected chi connectivity index (χ1v) is 9.73. The fraction of sp³-hybridized carbons (Fsp3) is 0.263. The fourth-order valence-corrected chi connectivity index (χ4v) is 3.37. The second kappa shape index (κ2) is 8.22. The highest BCUT2D eigenvalue weighted by molar-refractivity contribution is 7.92. The van der Waals surface area contributed by atoms with Gasteiger partial charge in [0, 0.05) is 32.4 Å². The maximum absolute atomic E-state index is 12.6. The smallest absolute Gasteiger partial charge is 0.261 e. The van der Waals surface area contributed by atoms with Gasteiger partial charge in [0.1, 0.15) is 0 Å². The highest BCUT2D eigenvalue weighted by Crippen LogP contribution is 2.18. The molecule has 0 aliphatic carbocycles. The largest absolute Gasteiger partial charge is 0.347 e. The summed E-state index contributed by atoms with van der Waals surface area (Å²) in [7, 11) is 0.859. The average Bonchev–Trinajstić information content (AvgIpc) is 2.62. The maximum atomic E-state index is 12.6. The van der Waals surface area contributed by atoms with Crippen molar-refractivity contribution in [1.29, 1.82) is 0 Å². The summed E-state index contributed by atoms with van der Waals surface area (Å²) in [4.78, 5) is 26.9. The molecule has 2 rings (SSSR count). The number of rotatable bonds is 6. The number of aryl methyl sites for hydroxylation is 1. The van der Waals surface area contributed by atoms with Crippen LogP contribution in [0.4, 0.5) is 5.69 Å². The lowest BCUT2D eigenvalue weighted by atomic mass is 10.2. The average molecular weight is 389 g/mol. The molecule has 0 aromatic heterocycles. The lowest BCUT2D eigenvalue weighted by molar-refractivity contribution is -0.129. The molecule has 0 saturated heterocycles. The predicted octanol–water partition coefficient (Wildman–Crippen LogP) is 1.96. The summed E-state index contributed by atoms with van der Waals surface area (Å²) in [5, 5.41) is 0. The van der Waals surface area contributed by atoms with Gasteiger partial charge in [-0.15, -0.1) is 0 Å². The van der Waals surface area contributed by atoms with Crippen LogP contribution in [0.2, 0.25) is 0 Å². The summed E-state index contributed by atoms with van der Waals surface area (Å²) in [6, 6.07) is 12.7. The number of benzene rings is 2. The number of sulfonamides is 1. The van der Waals surface area contributed by atoms with Gasteiger partial charge in [0.2, 0.25) is 5.91 Å². The zero-order valence-electron chi connectivity index (χ0n) is 15.8. The summed E-state index contributed by atoms with van der Waals surface area (Å²) >= 11 is 0. The van der Waals surface area contributed by atoms with Crippen molar-refractivity contribution in [3.05, 3.63) is 59.7 Å². The van der Waals surface area contributed by atoms with Gasteiger partial charge in [-0.1, -0.05) is 23.8 Å². The number of nitrogens with zero attached hydrogens (tertiary/aromatic N) is 2. The minimum Gasteiger partial charge on any atom is -0.347 e. The Bertz CT molecular complexity index is 938. The first kappa shape index (κ1) is 20.4. The van der Waals surface area contributed by atoms with Crippen molar-refractivity contribution >= 4 is 27.5 Å². The zero-order chi connectivity index (χ0) is 20.2.